The summed E-state index contributed by atoms with van der Waals surface area (Å²) >= 11 is 0. The van der Waals surface area contributed by atoms with Gasteiger partial charge in [0.05, 0.1) is 5.69 Å². The van der Waals surface area contributed by atoms with Crippen molar-refractivity contribution in [3.8, 4) is 11.3 Å². The Kier molecular flexibility index (Phi) is 4.23. The summed E-state index contributed by atoms with van der Waals surface area (Å²) in [5.74, 6) is -0.0997. The largest absolute Gasteiger partial charge is 0.348 e. The number of aromatic nitrogens is 2. The number of nitrogens with zero attached hydrogens (tertiary/aromatic N) is 2. The first-order valence-electron chi connectivity index (χ1n) is 8.57. The van der Waals surface area contributed by atoms with Crippen molar-refractivity contribution in [2.45, 2.75) is 13.5 Å². The van der Waals surface area contributed by atoms with Crippen LogP contribution in [0.2, 0.25) is 0 Å². The number of imidazole rings is 1. The number of fused-ring (bicyclic) bond motifs is 1. The zero-order valence-electron chi connectivity index (χ0n) is 14.5. The number of aryl methyl sites for hydroxylation is 1. The maximum Gasteiger partial charge on any atom is 0.251 e. The summed E-state index contributed by atoms with van der Waals surface area (Å²) in [4.78, 5) is 17.1. The van der Waals surface area contributed by atoms with E-state index in [0.29, 0.717) is 12.1 Å². The molecule has 26 heavy (non-hydrogen) atoms. The van der Waals surface area contributed by atoms with Gasteiger partial charge in [0.25, 0.3) is 5.91 Å². The molecule has 0 aliphatic heterocycles. The number of carbonyl (C=O) groups excluding carboxylic acids is 1. The Balaban J connectivity index is 1.53. The van der Waals surface area contributed by atoms with Gasteiger partial charge in [0.2, 0.25) is 0 Å². The normalized spacial score (nSPS) is 10.8. The first kappa shape index (κ1) is 16.1. The van der Waals surface area contributed by atoms with Crippen molar-refractivity contribution in [3.63, 3.8) is 0 Å². The summed E-state index contributed by atoms with van der Waals surface area (Å²) in [5.41, 5.74) is 5.60. The van der Waals surface area contributed by atoms with E-state index in [1.165, 1.54) is 5.56 Å². The van der Waals surface area contributed by atoms with E-state index in [-0.39, 0.29) is 5.91 Å². The summed E-state index contributed by atoms with van der Waals surface area (Å²) in [6, 6.07) is 21.8. The van der Waals surface area contributed by atoms with E-state index < -0.39 is 0 Å². The van der Waals surface area contributed by atoms with Crippen LogP contribution in [-0.4, -0.2) is 15.3 Å². The SMILES string of the molecule is Cc1ccc(CNC(=O)c2ccn3cc(-c4ccccc4)nc3c2)cc1. The third-order valence-corrected chi connectivity index (χ3v) is 4.37. The van der Waals surface area contributed by atoms with Crippen LogP contribution in [0, 0.1) is 6.92 Å². The highest BCUT2D eigenvalue weighted by Crippen LogP contribution is 2.19. The van der Waals surface area contributed by atoms with E-state index in [1.54, 1.807) is 0 Å². The van der Waals surface area contributed by atoms with Crippen molar-refractivity contribution in [1.82, 2.24) is 14.7 Å². The third kappa shape index (κ3) is 3.35. The van der Waals surface area contributed by atoms with Gasteiger partial charge >= 0.3 is 0 Å². The summed E-state index contributed by atoms with van der Waals surface area (Å²) in [6.45, 7) is 2.56. The smallest absolute Gasteiger partial charge is 0.251 e. The molecule has 1 amide bonds. The van der Waals surface area contributed by atoms with Gasteiger partial charge in [-0.05, 0) is 24.6 Å². The molecule has 1 N–H and O–H groups in total. The lowest BCUT2D eigenvalue weighted by molar-refractivity contribution is 0.0951. The van der Waals surface area contributed by atoms with Gasteiger partial charge in [-0.3, -0.25) is 4.79 Å². The van der Waals surface area contributed by atoms with E-state index >= 15 is 0 Å². The van der Waals surface area contributed by atoms with Gasteiger partial charge in [-0.25, -0.2) is 4.98 Å². The topological polar surface area (TPSA) is 46.4 Å². The van der Waals surface area contributed by atoms with Crippen LogP contribution in [0.3, 0.4) is 0 Å². The summed E-state index contributed by atoms with van der Waals surface area (Å²) in [6.07, 6.45) is 3.84. The molecule has 0 atom stereocenters. The van der Waals surface area contributed by atoms with E-state index in [1.807, 2.05) is 90.4 Å². The standard InChI is InChI=1S/C22H19N3O/c1-16-7-9-17(10-8-16)14-23-22(26)19-11-12-25-15-20(24-21(25)13-19)18-5-3-2-4-6-18/h2-13,15H,14H2,1H3,(H,23,26). The molecular weight excluding hydrogens is 322 g/mol. The fourth-order valence-electron chi connectivity index (χ4n) is 2.86. The van der Waals surface area contributed by atoms with Gasteiger partial charge in [0.15, 0.2) is 0 Å². The molecule has 0 aliphatic rings. The van der Waals surface area contributed by atoms with Crippen LogP contribution in [0.4, 0.5) is 0 Å². The van der Waals surface area contributed by atoms with E-state index in [0.717, 1.165) is 22.5 Å². The van der Waals surface area contributed by atoms with Crippen molar-refractivity contribution >= 4 is 11.6 Å². The van der Waals surface area contributed by atoms with Crippen molar-refractivity contribution in [2.24, 2.45) is 0 Å². The molecule has 0 aliphatic carbocycles. The number of hydrogen-bond acceptors (Lipinski definition) is 2. The number of carbonyl (C=O) groups is 1. The molecule has 4 heteroatoms. The summed E-state index contributed by atoms with van der Waals surface area (Å²) < 4.78 is 1.93. The van der Waals surface area contributed by atoms with Crippen LogP contribution in [0.1, 0.15) is 21.5 Å². The second-order valence-electron chi connectivity index (χ2n) is 6.34. The van der Waals surface area contributed by atoms with Gasteiger partial charge in [0.1, 0.15) is 5.65 Å². The lowest BCUT2D eigenvalue weighted by Gasteiger charge is -2.06. The summed E-state index contributed by atoms with van der Waals surface area (Å²) in [7, 11) is 0. The Labute approximate surface area is 152 Å². The Morgan fingerprint density at radius 1 is 1.04 bits per heavy atom. The molecule has 4 nitrogen and oxygen atoms in total. The number of amides is 1. The number of nitrogens with one attached hydrogen (secondary N) is 1. The van der Waals surface area contributed by atoms with Gasteiger partial charge in [-0.1, -0.05) is 60.2 Å². The predicted octanol–water partition coefficient (Wildman–Crippen LogP) is 4.24. The summed E-state index contributed by atoms with van der Waals surface area (Å²) in [5, 5.41) is 2.96. The molecule has 4 rings (SSSR count). The minimum Gasteiger partial charge on any atom is -0.348 e. The maximum absolute atomic E-state index is 12.5. The molecule has 2 aromatic heterocycles. The lowest BCUT2D eigenvalue weighted by Crippen LogP contribution is -2.22. The Bertz CT molecular complexity index is 1050. The Hall–Kier alpha value is -3.40. The zero-order chi connectivity index (χ0) is 17.9. The molecule has 0 saturated heterocycles. The quantitative estimate of drug-likeness (QED) is 0.603. The van der Waals surface area contributed by atoms with Gasteiger partial charge < -0.3 is 9.72 Å². The molecule has 2 heterocycles. The molecule has 0 bridgehead atoms. The first-order valence-corrected chi connectivity index (χ1v) is 8.57. The molecule has 0 radical (unpaired) electrons. The zero-order valence-corrected chi connectivity index (χ0v) is 14.5. The first-order chi connectivity index (χ1) is 12.7. The van der Waals surface area contributed by atoms with E-state index in [9.17, 15) is 4.79 Å². The molecule has 2 aromatic carbocycles. The highest BCUT2D eigenvalue weighted by atomic mass is 16.1. The van der Waals surface area contributed by atoms with Crippen LogP contribution in [0.5, 0.6) is 0 Å². The van der Waals surface area contributed by atoms with Crippen molar-refractivity contribution in [2.75, 3.05) is 0 Å². The minimum absolute atomic E-state index is 0.0997. The molecule has 4 aromatic rings. The number of pyridine rings is 1. The number of rotatable bonds is 4. The highest BCUT2D eigenvalue weighted by Gasteiger charge is 2.09. The fraction of sp³-hybridized carbons (Fsp3) is 0.0909. The Morgan fingerprint density at radius 3 is 2.58 bits per heavy atom. The molecule has 0 saturated carbocycles. The lowest BCUT2D eigenvalue weighted by atomic mass is 10.1. The average Bonchev–Trinajstić information content (AvgIpc) is 3.11. The third-order valence-electron chi connectivity index (χ3n) is 4.37. The minimum atomic E-state index is -0.0997. The van der Waals surface area contributed by atoms with Gasteiger partial charge in [-0.2, -0.15) is 0 Å². The van der Waals surface area contributed by atoms with Crippen molar-refractivity contribution in [1.29, 1.82) is 0 Å². The van der Waals surface area contributed by atoms with Gasteiger partial charge in [0, 0.05) is 30.1 Å². The van der Waals surface area contributed by atoms with Crippen LogP contribution in [-0.2, 0) is 6.54 Å². The van der Waals surface area contributed by atoms with Crippen LogP contribution >= 0.6 is 0 Å². The van der Waals surface area contributed by atoms with Gasteiger partial charge in [-0.15, -0.1) is 0 Å². The van der Waals surface area contributed by atoms with Crippen LogP contribution < -0.4 is 5.32 Å². The van der Waals surface area contributed by atoms with Crippen molar-refractivity contribution < 1.29 is 4.79 Å². The monoisotopic (exact) mass is 341 g/mol. The molecule has 0 unspecified atom stereocenters. The van der Waals surface area contributed by atoms with Crippen LogP contribution in [0.15, 0.2) is 79.1 Å². The fourth-order valence-corrected chi connectivity index (χ4v) is 2.86. The van der Waals surface area contributed by atoms with Crippen molar-refractivity contribution in [3.05, 3.63) is 95.8 Å². The van der Waals surface area contributed by atoms with Crippen LogP contribution in [0.25, 0.3) is 16.9 Å². The number of benzene rings is 2. The average molecular weight is 341 g/mol. The maximum atomic E-state index is 12.5. The molecule has 0 spiro atoms. The van der Waals surface area contributed by atoms with E-state index in [2.05, 4.69) is 10.3 Å². The van der Waals surface area contributed by atoms with E-state index in [4.69, 9.17) is 0 Å². The molecule has 0 fully saturated rings. The molecular formula is C22H19N3O. The second-order valence-corrected chi connectivity index (χ2v) is 6.34. The predicted molar refractivity (Wildman–Crippen MR) is 103 cm³/mol. The number of hydrogen-bond donors (Lipinski definition) is 1. The molecule has 128 valence electrons. The highest BCUT2D eigenvalue weighted by molar-refractivity contribution is 5.95. The second kappa shape index (κ2) is 6.84. The Morgan fingerprint density at radius 2 is 1.81 bits per heavy atom.